The number of rotatable bonds is 8. The fraction of sp³-hybridized carbons (Fsp3) is 0.867. The largest absolute Gasteiger partial charge is 0.481 e. The Morgan fingerprint density at radius 1 is 1.24 bits per heavy atom. The van der Waals surface area contributed by atoms with E-state index in [9.17, 15) is 14.7 Å². The molecule has 0 heterocycles. The second-order valence-corrected chi connectivity index (χ2v) is 5.41. The fourth-order valence-electron chi connectivity index (χ4n) is 2.58. The molecule has 1 fully saturated rings. The SMILES string of the molecule is CCOCCOC(C)C(=O)N[C@H]1CCCCC[C@H]1C(=O)O. The number of carbonyl (C=O) groups is 2. The lowest BCUT2D eigenvalue weighted by Crippen LogP contribution is -2.46. The molecule has 1 aliphatic rings. The van der Waals surface area contributed by atoms with Gasteiger partial charge in [-0.3, -0.25) is 9.59 Å². The number of hydrogen-bond acceptors (Lipinski definition) is 4. The maximum atomic E-state index is 12.1. The number of ether oxygens (including phenoxy) is 2. The van der Waals surface area contributed by atoms with Gasteiger partial charge in [0, 0.05) is 12.6 Å². The predicted molar refractivity (Wildman–Crippen MR) is 78.0 cm³/mol. The highest BCUT2D eigenvalue weighted by Crippen LogP contribution is 2.24. The first kappa shape index (κ1) is 17.9. The number of carboxylic acids is 1. The topological polar surface area (TPSA) is 84.9 Å². The molecular weight excluding hydrogens is 274 g/mol. The van der Waals surface area contributed by atoms with E-state index in [-0.39, 0.29) is 11.9 Å². The predicted octanol–water partition coefficient (Wildman–Crippen LogP) is 1.58. The molecule has 0 aromatic heterocycles. The monoisotopic (exact) mass is 301 g/mol. The molecule has 3 atom stereocenters. The first-order valence-electron chi connectivity index (χ1n) is 7.78. The van der Waals surface area contributed by atoms with Crippen LogP contribution in [0.3, 0.4) is 0 Å². The van der Waals surface area contributed by atoms with Crippen LogP contribution in [0.4, 0.5) is 0 Å². The molecule has 122 valence electrons. The maximum Gasteiger partial charge on any atom is 0.308 e. The smallest absolute Gasteiger partial charge is 0.308 e. The van der Waals surface area contributed by atoms with Crippen molar-refractivity contribution in [3.05, 3.63) is 0 Å². The van der Waals surface area contributed by atoms with Gasteiger partial charge in [-0.15, -0.1) is 0 Å². The summed E-state index contributed by atoms with van der Waals surface area (Å²) in [5, 5.41) is 12.1. The van der Waals surface area contributed by atoms with Gasteiger partial charge in [-0.1, -0.05) is 19.3 Å². The van der Waals surface area contributed by atoms with Crippen LogP contribution in [0.25, 0.3) is 0 Å². The van der Waals surface area contributed by atoms with Crippen molar-refractivity contribution in [3.8, 4) is 0 Å². The van der Waals surface area contributed by atoms with E-state index in [0.717, 1.165) is 19.3 Å². The number of nitrogens with one attached hydrogen (secondary N) is 1. The van der Waals surface area contributed by atoms with E-state index in [4.69, 9.17) is 9.47 Å². The maximum absolute atomic E-state index is 12.1. The Kier molecular flexibility index (Phi) is 8.30. The van der Waals surface area contributed by atoms with Crippen LogP contribution in [0, 0.1) is 5.92 Å². The quantitative estimate of drug-likeness (QED) is 0.525. The number of carbonyl (C=O) groups excluding carboxylic acids is 1. The summed E-state index contributed by atoms with van der Waals surface area (Å²) in [5.74, 6) is -1.57. The zero-order valence-corrected chi connectivity index (χ0v) is 13.0. The summed E-state index contributed by atoms with van der Waals surface area (Å²) in [6.07, 6.45) is 3.63. The van der Waals surface area contributed by atoms with E-state index >= 15 is 0 Å². The van der Waals surface area contributed by atoms with Crippen molar-refractivity contribution in [1.82, 2.24) is 5.32 Å². The fourth-order valence-corrected chi connectivity index (χ4v) is 2.58. The van der Waals surface area contributed by atoms with Crippen LogP contribution >= 0.6 is 0 Å². The molecule has 1 amide bonds. The van der Waals surface area contributed by atoms with Crippen LogP contribution in [0.15, 0.2) is 0 Å². The van der Waals surface area contributed by atoms with Crippen LogP contribution < -0.4 is 5.32 Å². The normalized spacial score (nSPS) is 24.1. The minimum Gasteiger partial charge on any atom is -0.481 e. The zero-order chi connectivity index (χ0) is 15.7. The van der Waals surface area contributed by atoms with Gasteiger partial charge in [-0.25, -0.2) is 0 Å². The van der Waals surface area contributed by atoms with Crippen molar-refractivity contribution in [2.24, 2.45) is 5.92 Å². The molecule has 0 aliphatic heterocycles. The molecule has 0 aromatic rings. The molecular formula is C15H27NO5. The molecule has 0 radical (unpaired) electrons. The molecule has 1 saturated carbocycles. The molecule has 1 aliphatic carbocycles. The lowest BCUT2D eigenvalue weighted by atomic mass is 9.94. The van der Waals surface area contributed by atoms with Gasteiger partial charge < -0.3 is 19.9 Å². The van der Waals surface area contributed by atoms with E-state index in [2.05, 4.69) is 5.32 Å². The van der Waals surface area contributed by atoms with Gasteiger partial charge in [-0.2, -0.15) is 0 Å². The Labute approximate surface area is 126 Å². The Bertz CT molecular complexity index is 334. The van der Waals surface area contributed by atoms with Crippen molar-refractivity contribution in [1.29, 1.82) is 0 Å². The highest BCUT2D eigenvalue weighted by atomic mass is 16.5. The highest BCUT2D eigenvalue weighted by Gasteiger charge is 2.31. The molecule has 2 N–H and O–H groups in total. The van der Waals surface area contributed by atoms with Crippen LogP contribution in [0.5, 0.6) is 0 Å². The minimum atomic E-state index is -0.827. The van der Waals surface area contributed by atoms with Crippen LogP contribution in [-0.2, 0) is 19.1 Å². The summed E-state index contributed by atoms with van der Waals surface area (Å²) in [5.41, 5.74) is 0. The summed E-state index contributed by atoms with van der Waals surface area (Å²) >= 11 is 0. The molecule has 6 heteroatoms. The molecule has 0 saturated heterocycles. The zero-order valence-electron chi connectivity index (χ0n) is 13.0. The van der Waals surface area contributed by atoms with Crippen molar-refractivity contribution in [2.45, 2.75) is 58.1 Å². The van der Waals surface area contributed by atoms with E-state index < -0.39 is 18.0 Å². The van der Waals surface area contributed by atoms with Crippen LogP contribution in [-0.4, -0.2) is 48.9 Å². The Hall–Kier alpha value is -1.14. The van der Waals surface area contributed by atoms with E-state index in [0.29, 0.717) is 32.7 Å². The third-order valence-electron chi connectivity index (χ3n) is 3.83. The average molecular weight is 301 g/mol. The van der Waals surface area contributed by atoms with Crippen molar-refractivity contribution in [2.75, 3.05) is 19.8 Å². The van der Waals surface area contributed by atoms with Crippen LogP contribution in [0.2, 0.25) is 0 Å². The number of carboxylic acid groups (broad SMARTS) is 1. The molecule has 6 nitrogen and oxygen atoms in total. The average Bonchev–Trinajstić information content (AvgIpc) is 2.68. The summed E-state index contributed by atoms with van der Waals surface area (Å²) in [6, 6.07) is -0.296. The van der Waals surface area contributed by atoms with Gasteiger partial charge in [0.25, 0.3) is 0 Å². The van der Waals surface area contributed by atoms with E-state index in [1.165, 1.54) is 0 Å². The highest BCUT2D eigenvalue weighted by molar-refractivity contribution is 5.81. The van der Waals surface area contributed by atoms with Gasteiger partial charge >= 0.3 is 5.97 Å². The lowest BCUT2D eigenvalue weighted by Gasteiger charge is -2.24. The van der Waals surface area contributed by atoms with Gasteiger partial charge in [-0.05, 0) is 26.7 Å². The molecule has 0 aromatic carbocycles. The number of hydrogen-bond donors (Lipinski definition) is 2. The number of amides is 1. The standard InChI is InChI=1S/C15H27NO5/c1-3-20-9-10-21-11(2)14(17)16-13-8-6-4-5-7-12(13)15(18)19/h11-13H,3-10H2,1-2H3,(H,16,17)(H,18,19)/t11?,12-,13+/m1/s1. The van der Waals surface area contributed by atoms with E-state index in [1.807, 2.05) is 6.92 Å². The summed E-state index contributed by atoms with van der Waals surface area (Å²) < 4.78 is 10.5. The molecule has 1 rings (SSSR count). The first-order chi connectivity index (χ1) is 10.1. The minimum absolute atomic E-state index is 0.246. The third kappa shape index (κ3) is 6.44. The summed E-state index contributed by atoms with van der Waals surface area (Å²) in [4.78, 5) is 23.4. The first-order valence-corrected chi connectivity index (χ1v) is 7.78. The molecule has 0 spiro atoms. The van der Waals surface area contributed by atoms with Gasteiger partial charge in [0.05, 0.1) is 19.1 Å². The van der Waals surface area contributed by atoms with Gasteiger partial charge in [0.2, 0.25) is 5.91 Å². The van der Waals surface area contributed by atoms with Crippen molar-refractivity contribution in [3.63, 3.8) is 0 Å². The third-order valence-corrected chi connectivity index (χ3v) is 3.83. The molecule has 21 heavy (non-hydrogen) atoms. The Morgan fingerprint density at radius 3 is 2.62 bits per heavy atom. The molecule has 0 bridgehead atoms. The van der Waals surface area contributed by atoms with Crippen molar-refractivity contribution < 1.29 is 24.2 Å². The summed E-state index contributed by atoms with van der Waals surface area (Å²) in [6.45, 7) is 5.00. The molecule has 1 unspecified atom stereocenters. The Morgan fingerprint density at radius 2 is 1.95 bits per heavy atom. The summed E-state index contributed by atoms with van der Waals surface area (Å²) in [7, 11) is 0. The van der Waals surface area contributed by atoms with Crippen molar-refractivity contribution >= 4 is 11.9 Å². The number of aliphatic carboxylic acids is 1. The van der Waals surface area contributed by atoms with Gasteiger partial charge in [0.15, 0.2) is 0 Å². The lowest BCUT2D eigenvalue weighted by molar-refractivity contribution is -0.144. The van der Waals surface area contributed by atoms with Crippen LogP contribution in [0.1, 0.15) is 46.0 Å². The van der Waals surface area contributed by atoms with Gasteiger partial charge in [0.1, 0.15) is 6.10 Å². The second-order valence-electron chi connectivity index (χ2n) is 5.41. The second kappa shape index (κ2) is 9.73. The Balaban J connectivity index is 2.44. The van der Waals surface area contributed by atoms with E-state index in [1.54, 1.807) is 6.92 Å².